The van der Waals surface area contributed by atoms with Crippen molar-refractivity contribution in [1.29, 1.82) is 0 Å². The monoisotopic (exact) mass is 213 g/mol. The third-order valence-corrected chi connectivity index (χ3v) is 3.80. The average molecular weight is 213 g/mol. The van der Waals surface area contributed by atoms with Gasteiger partial charge in [-0.1, -0.05) is 13.8 Å². The van der Waals surface area contributed by atoms with Gasteiger partial charge in [-0.25, -0.2) is 0 Å². The molecule has 0 spiro atoms. The quantitative estimate of drug-likeness (QED) is 0.756. The van der Waals surface area contributed by atoms with E-state index < -0.39 is 0 Å². The largest absolute Gasteiger partial charge is 0.329 e. The van der Waals surface area contributed by atoms with Crippen molar-refractivity contribution in [2.24, 2.45) is 11.7 Å². The fourth-order valence-corrected chi connectivity index (χ4v) is 2.71. The van der Waals surface area contributed by atoms with Gasteiger partial charge in [-0.3, -0.25) is 4.90 Å². The van der Waals surface area contributed by atoms with Crippen molar-refractivity contribution in [3.8, 4) is 0 Å². The lowest BCUT2D eigenvalue weighted by molar-refractivity contribution is 0.119. The summed E-state index contributed by atoms with van der Waals surface area (Å²) in [5.41, 5.74) is 6.21. The summed E-state index contributed by atoms with van der Waals surface area (Å²) in [5, 5.41) is 0. The molecule has 1 saturated heterocycles. The van der Waals surface area contributed by atoms with Gasteiger partial charge in [0, 0.05) is 31.2 Å². The molecule has 0 aromatic rings. The minimum Gasteiger partial charge on any atom is -0.329 e. The zero-order chi connectivity index (χ0) is 11.6. The molecule has 0 saturated carbocycles. The lowest BCUT2D eigenvalue weighted by Crippen LogP contribution is -2.54. The van der Waals surface area contributed by atoms with E-state index in [2.05, 4.69) is 44.7 Å². The molecule has 1 heterocycles. The topological polar surface area (TPSA) is 32.5 Å². The Morgan fingerprint density at radius 3 is 2.47 bits per heavy atom. The van der Waals surface area contributed by atoms with Gasteiger partial charge in [-0.15, -0.1) is 0 Å². The predicted molar refractivity (Wildman–Crippen MR) is 66.0 cm³/mol. The Kier molecular flexibility index (Phi) is 4.15. The predicted octanol–water partition coefficient (Wildman–Crippen LogP) is 0.996. The molecule has 0 aromatic heterocycles. The van der Waals surface area contributed by atoms with Crippen LogP contribution in [-0.2, 0) is 0 Å². The standard InChI is InChI=1S/C12H27N3/c1-10(2)7-15(5)12(8-13)6-11(3)14(4)9-12/h10-11H,6-9,13H2,1-5H3. The van der Waals surface area contributed by atoms with E-state index in [1.165, 1.54) is 6.42 Å². The normalized spacial score (nSPS) is 33.2. The fourth-order valence-electron chi connectivity index (χ4n) is 2.71. The highest BCUT2D eigenvalue weighted by Crippen LogP contribution is 2.30. The first kappa shape index (κ1) is 12.9. The molecule has 2 unspecified atom stereocenters. The van der Waals surface area contributed by atoms with Crippen molar-refractivity contribution >= 4 is 0 Å². The maximum Gasteiger partial charge on any atom is 0.0470 e. The molecular weight excluding hydrogens is 186 g/mol. The molecule has 0 bridgehead atoms. The average Bonchev–Trinajstić information content (AvgIpc) is 2.43. The van der Waals surface area contributed by atoms with Gasteiger partial charge in [0.1, 0.15) is 0 Å². The number of hydrogen-bond acceptors (Lipinski definition) is 3. The van der Waals surface area contributed by atoms with Crippen LogP contribution in [0.25, 0.3) is 0 Å². The van der Waals surface area contributed by atoms with Crippen molar-refractivity contribution in [3.63, 3.8) is 0 Å². The third kappa shape index (κ3) is 2.71. The second-order valence-corrected chi connectivity index (χ2v) is 5.67. The van der Waals surface area contributed by atoms with Crippen molar-refractivity contribution in [2.45, 2.75) is 38.8 Å². The summed E-state index contributed by atoms with van der Waals surface area (Å²) >= 11 is 0. The van der Waals surface area contributed by atoms with E-state index in [1.807, 2.05) is 0 Å². The summed E-state index contributed by atoms with van der Waals surface area (Å²) < 4.78 is 0. The molecule has 1 aliphatic heterocycles. The first-order valence-electron chi connectivity index (χ1n) is 6.03. The molecular formula is C12H27N3. The van der Waals surface area contributed by atoms with Crippen LogP contribution >= 0.6 is 0 Å². The van der Waals surface area contributed by atoms with Crippen molar-refractivity contribution in [1.82, 2.24) is 9.80 Å². The molecule has 2 atom stereocenters. The molecule has 0 aromatic carbocycles. The minimum atomic E-state index is 0.207. The summed E-state index contributed by atoms with van der Waals surface area (Å²) in [6, 6.07) is 0.656. The molecule has 0 aliphatic carbocycles. The van der Waals surface area contributed by atoms with Crippen LogP contribution < -0.4 is 5.73 Å². The highest BCUT2D eigenvalue weighted by Gasteiger charge is 2.42. The molecule has 0 amide bonds. The van der Waals surface area contributed by atoms with Crippen molar-refractivity contribution in [2.75, 3.05) is 33.7 Å². The SMILES string of the molecule is CC(C)CN(C)C1(CN)CC(C)N(C)C1. The first-order chi connectivity index (χ1) is 6.91. The molecule has 2 N–H and O–H groups in total. The van der Waals surface area contributed by atoms with Gasteiger partial charge in [0.15, 0.2) is 0 Å². The molecule has 1 aliphatic rings. The molecule has 15 heavy (non-hydrogen) atoms. The summed E-state index contributed by atoms with van der Waals surface area (Å²) in [6.07, 6.45) is 1.20. The maximum absolute atomic E-state index is 6.00. The Morgan fingerprint density at radius 1 is 1.53 bits per heavy atom. The van der Waals surface area contributed by atoms with E-state index in [0.717, 1.165) is 19.6 Å². The van der Waals surface area contributed by atoms with Gasteiger partial charge in [-0.05, 0) is 33.4 Å². The van der Waals surface area contributed by atoms with E-state index in [0.29, 0.717) is 12.0 Å². The maximum atomic E-state index is 6.00. The smallest absolute Gasteiger partial charge is 0.0470 e. The number of likely N-dealkylation sites (N-methyl/N-ethyl adjacent to an activating group) is 2. The fraction of sp³-hybridized carbons (Fsp3) is 1.00. The lowest BCUT2D eigenvalue weighted by atomic mass is 9.93. The van der Waals surface area contributed by atoms with Crippen LogP contribution in [0.2, 0.25) is 0 Å². The number of nitrogens with zero attached hydrogens (tertiary/aromatic N) is 2. The van der Waals surface area contributed by atoms with Crippen LogP contribution in [-0.4, -0.2) is 55.1 Å². The first-order valence-corrected chi connectivity index (χ1v) is 6.03. The van der Waals surface area contributed by atoms with Crippen molar-refractivity contribution < 1.29 is 0 Å². The second-order valence-electron chi connectivity index (χ2n) is 5.67. The molecule has 1 rings (SSSR count). The van der Waals surface area contributed by atoms with Crippen LogP contribution in [0.15, 0.2) is 0 Å². The summed E-state index contributed by atoms with van der Waals surface area (Å²) in [4.78, 5) is 4.89. The number of hydrogen-bond donors (Lipinski definition) is 1. The zero-order valence-corrected chi connectivity index (χ0v) is 11.0. The molecule has 3 nitrogen and oxygen atoms in total. The highest BCUT2D eigenvalue weighted by atomic mass is 15.3. The van der Waals surface area contributed by atoms with Crippen LogP contribution in [0.1, 0.15) is 27.2 Å². The van der Waals surface area contributed by atoms with Gasteiger partial charge >= 0.3 is 0 Å². The molecule has 90 valence electrons. The molecule has 0 radical (unpaired) electrons. The van der Waals surface area contributed by atoms with Crippen LogP contribution in [0, 0.1) is 5.92 Å². The van der Waals surface area contributed by atoms with Crippen LogP contribution in [0.5, 0.6) is 0 Å². The van der Waals surface area contributed by atoms with Gasteiger partial charge in [-0.2, -0.15) is 0 Å². The number of nitrogens with two attached hydrogens (primary N) is 1. The lowest BCUT2D eigenvalue weighted by Gasteiger charge is -2.38. The summed E-state index contributed by atoms with van der Waals surface area (Å²) in [6.45, 7) is 9.84. The summed E-state index contributed by atoms with van der Waals surface area (Å²) in [7, 11) is 4.42. The van der Waals surface area contributed by atoms with Gasteiger partial charge in [0.05, 0.1) is 0 Å². The Balaban J connectivity index is 2.69. The van der Waals surface area contributed by atoms with E-state index >= 15 is 0 Å². The van der Waals surface area contributed by atoms with Gasteiger partial charge in [0.25, 0.3) is 0 Å². The Morgan fingerprint density at radius 2 is 2.13 bits per heavy atom. The Labute approximate surface area is 94.6 Å². The van der Waals surface area contributed by atoms with Gasteiger partial charge < -0.3 is 10.6 Å². The molecule has 1 fully saturated rings. The number of likely N-dealkylation sites (tertiary alicyclic amines) is 1. The van der Waals surface area contributed by atoms with Gasteiger partial charge in [0.2, 0.25) is 0 Å². The van der Waals surface area contributed by atoms with E-state index in [-0.39, 0.29) is 5.54 Å². The third-order valence-electron chi connectivity index (χ3n) is 3.80. The van der Waals surface area contributed by atoms with E-state index in [9.17, 15) is 0 Å². The van der Waals surface area contributed by atoms with Crippen LogP contribution in [0.4, 0.5) is 0 Å². The Bertz CT molecular complexity index is 193. The minimum absolute atomic E-state index is 0.207. The van der Waals surface area contributed by atoms with E-state index in [1.54, 1.807) is 0 Å². The van der Waals surface area contributed by atoms with Crippen molar-refractivity contribution in [3.05, 3.63) is 0 Å². The number of rotatable bonds is 4. The highest BCUT2D eigenvalue weighted by molar-refractivity contribution is 5.01. The zero-order valence-electron chi connectivity index (χ0n) is 11.0. The molecule has 3 heteroatoms. The summed E-state index contributed by atoms with van der Waals surface area (Å²) in [5.74, 6) is 0.708. The van der Waals surface area contributed by atoms with Crippen LogP contribution in [0.3, 0.4) is 0 Å². The second kappa shape index (κ2) is 4.81. The Hall–Kier alpha value is -0.120. The van der Waals surface area contributed by atoms with E-state index in [4.69, 9.17) is 5.73 Å².